The Morgan fingerprint density at radius 3 is 2.43 bits per heavy atom. The molecule has 0 fully saturated rings. The van der Waals surface area contributed by atoms with Gasteiger partial charge in [0, 0.05) is 15.0 Å². The van der Waals surface area contributed by atoms with Crippen LogP contribution in [0, 0.1) is 10.1 Å². The Labute approximate surface area is 141 Å². The van der Waals surface area contributed by atoms with Gasteiger partial charge in [0.05, 0.1) is 15.5 Å². The molecule has 108 valence electrons. The molecule has 0 aromatic heterocycles. The number of carbonyl (C=O) groups is 1. The molecule has 2 aromatic carbocycles. The first-order chi connectivity index (χ1) is 9.88. The highest BCUT2D eigenvalue weighted by Crippen LogP contribution is 2.29. The number of nitro benzene ring substituents is 1. The average Bonchev–Trinajstić information content (AvgIpc) is 2.43. The molecule has 0 saturated carbocycles. The van der Waals surface area contributed by atoms with Gasteiger partial charge in [0.2, 0.25) is 0 Å². The molecule has 0 radical (unpaired) electrons. The van der Waals surface area contributed by atoms with Crippen molar-refractivity contribution in [2.45, 2.75) is 0 Å². The van der Waals surface area contributed by atoms with E-state index in [1.165, 1.54) is 12.1 Å². The number of amides is 1. The molecule has 0 aliphatic carbocycles. The van der Waals surface area contributed by atoms with Crippen LogP contribution in [-0.4, -0.2) is 10.8 Å². The van der Waals surface area contributed by atoms with E-state index in [1.807, 2.05) is 0 Å². The third-order valence-electron chi connectivity index (χ3n) is 2.58. The zero-order valence-electron chi connectivity index (χ0n) is 10.3. The Bertz CT molecular complexity index is 737. The van der Waals surface area contributed by atoms with Crippen LogP contribution < -0.4 is 5.32 Å². The molecule has 0 aliphatic rings. The SMILES string of the molecule is O=C(Nc1ccc(Br)cc1[N+](=O)[O-])c1cc(Br)ccc1Cl. The molecule has 8 heteroatoms. The summed E-state index contributed by atoms with van der Waals surface area (Å²) in [7, 11) is 0. The molecule has 0 heterocycles. The molecule has 2 aromatic rings. The summed E-state index contributed by atoms with van der Waals surface area (Å²) < 4.78 is 1.23. The minimum Gasteiger partial charge on any atom is -0.316 e. The maximum absolute atomic E-state index is 12.2. The predicted octanol–water partition coefficient (Wildman–Crippen LogP) is 5.03. The third kappa shape index (κ3) is 3.81. The fraction of sp³-hybridized carbons (Fsp3) is 0. The average molecular weight is 434 g/mol. The van der Waals surface area contributed by atoms with Crippen LogP contribution in [0.4, 0.5) is 11.4 Å². The Kier molecular flexibility index (Phi) is 4.97. The highest BCUT2D eigenvalue weighted by Gasteiger charge is 2.18. The summed E-state index contributed by atoms with van der Waals surface area (Å²) in [4.78, 5) is 22.6. The van der Waals surface area contributed by atoms with Gasteiger partial charge in [0.25, 0.3) is 11.6 Å². The van der Waals surface area contributed by atoms with Gasteiger partial charge in [-0.15, -0.1) is 0 Å². The molecule has 5 nitrogen and oxygen atoms in total. The van der Waals surface area contributed by atoms with E-state index in [0.717, 1.165) is 0 Å². The summed E-state index contributed by atoms with van der Waals surface area (Å²) in [5.41, 5.74) is 0.122. The highest BCUT2D eigenvalue weighted by molar-refractivity contribution is 9.10. The van der Waals surface area contributed by atoms with E-state index < -0.39 is 10.8 Å². The molecular weight excluding hydrogens is 427 g/mol. The molecule has 0 spiro atoms. The molecule has 1 N–H and O–H groups in total. The summed E-state index contributed by atoms with van der Waals surface area (Å²) in [6, 6.07) is 9.18. The van der Waals surface area contributed by atoms with Gasteiger partial charge in [-0.3, -0.25) is 14.9 Å². The second kappa shape index (κ2) is 6.55. The lowest BCUT2D eigenvalue weighted by molar-refractivity contribution is -0.384. The standard InChI is InChI=1S/C13H7Br2ClN2O3/c14-7-1-3-10(16)9(5-7)13(19)17-11-4-2-8(15)6-12(11)18(20)21/h1-6H,(H,17,19). The Hall–Kier alpha value is -1.44. The third-order valence-corrected chi connectivity index (χ3v) is 3.89. The minimum atomic E-state index is -0.567. The number of carbonyl (C=O) groups excluding carboxylic acids is 1. The first-order valence-electron chi connectivity index (χ1n) is 5.59. The molecule has 0 bridgehead atoms. The molecule has 2 rings (SSSR count). The van der Waals surface area contributed by atoms with Crippen LogP contribution in [0.3, 0.4) is 0 Å². The molecule has 0 atom stereocenters. The van der Waals surface area contributed by atoms with Crippen molar-refractivity contribution in [2.75, 3.05) is 5.32 Å². The highest BCUT2D eigenvalue weighted by atomic mass is 79.9. The fourth-order valence-electron chi connectivity index (χ4n) is 1.62. The van der Waals surface area contributed by atoms with Crippen molar-refractivity contribution in [3.8, 4) is 0 Å². The van der Waals surface area contributed by atoms with E-state index in [1.54, 1.807) is 24.3 Å². The van der Waals surface area contributed by atoms with Gasteiger partial charge in [-0.05, 0) is 30.3 Å². The molecular formula is C13H7Br2ClN2O3. The van der Waals surface area contributed by atoms with Crippen molar-refractivity contribution in [1.82, 2.24) is 0 Å². The normalized spacial score (nSPS) is 10.2. The van der Waals surface area contributed by atoms with Crippen LogP contribution in [0.15, 0.2) is 45.3 Å². The van der Waals surface area contributed by atoms with Crippen molar-refractivity contribution >= 4 is 60.7 Å². The van der Waals surface area contributed by atoms with Gasteiger partial charge in [-0.1, -0.05) is 43.5 Å². The topological polar surface area (TPSA) is 72.2 Å². The Balaban J connectivity index is 2.36. The van der Waals surface area contributed by atoms with Gasteiger partial charge in [0.1, 0.15) is 5.69 Å². The monoisotopic (exact) mass is 432 g/mol. The second-order valence-electron chi connectivity index (χ2n) is 4.00. The summed E-state index contributed by atoms with van der Waals surface area (Å²) in [5, 5.41) is 13.8. The molecule has 0 unspecified atom stereocenters. The van der Waals surface area contributed by atoms with Crippen molar-refractivity contribution in [2.24, 2.45) is 0 Å². The molecule has 21 heavy (non-hydrogen) atoms. The number of halogens is 3. The first-order valence-corrected chi connectivity index (χ1v) is 7.55. The predicted molar refractivity (Wildman–Crippen MR) is 87.9 cm³/mol. The molecule has 1 amide bonds. The maximum atomic E-state index is 12.2. The number of anilines is 1. The van der Waals surface area contributed by atoms with Crippen molar-refractivity contribution in [1.29, 1.82) is 0 Å². The van der Waals surface area contributed by atoms with Gasteiger partial charge >= 0.3 is 0 Å². The van der Waals surface area contributed by atoms with Crippen molar-refractivity contribution in [3.05, 3.63) is 66.0 Å². The molecule has 0 aliphatic heterocycles. The number of nitrogens with zero attached hydrogens (tertiary/aromatic N) is 1. The molecule has 0 saturated heterocycles. The Morgan fingerprint density at radius 2 is 1.76 bits per heavy atom. The lowest BCUT2D eigenvalue weighted by atomic mass is 10.2. The Morgan fingerprint density at radius 1 is 1.14 bits per heavy atom. The maximum Gasteiger partial charge on any atom is 0.293 e. The van der Waals surface area contributed by atoms with Gasteiger partial charge in [-0.25, -0.2) is 0 Å². The van der Waals surface area contributed by atoms with Crippen LogP contribution in [0.5, 0.6) is 0 Å². The smallest absolute Gasteiger partial charge is 0.293 e. The summed E-state index contributed by atoms with van der Waals surface area (Å²) in [6.07, 6.45) is 0. The number of hydrogen-bond acceptors (Lipinski definition) is 3. The van der Waals surface area contributed by atoms with Gasteiger partial charge < -0.3 is 5.32 Å². The first kappa shape index (κ1) is 15.9. The van der Waals surface area contributed by atoms with E-state index in [-0.39, 0.29) is 22.0 Å². The van der Waals surface area contributed by atoms with Crippen LogP contribution in [0.25, 0.3) is 0 Å². The zero-order valence-corrected chi connectivity index (χ0v) is 14.2. The van der Waals surface area contributed by atoms with Gasteiger partial charge in [-0.2, -0.15) is 0 Å². The summed E-state index contributed by atoms with van der Waals surface area (Å²) in [6.45, 7) is 0. The van der Waals surface area contributed by atoms with Crippen LogP contribution in [0.2, 0.25) is 5.02 Å². The summed E-state index contributed by atoms with van der Waals surface area (Å²) >= 11 is 12.4. The lowest BCUT2D eigenvalue weighted by Gasteiger charge is -2.08. The van der Waals surface area contributed by atoms with E-state index in [2.05, 4.69) is 37.2 Å². The van der Waals surface area contributed by atoms with E-state index in [4.69, 9.17) is 11.6 Å². The van der Waals surface area contributed by atoms with E-state index in [9.17, 15) is 14.9 Å². The fourth-order valence-corrected chi connectivity index (χ4v) is 2.54. The minimum absolute atomic E-state index is 0.101. The van der Waals surface area contributed by atoms with Crippen molar-refractivity contribution < 1.29 is 9.72 Å². The second-order valence-corrected chi connectivity index (χ2v) is 6.24. The summed E-state index contributed by atoms with van der Waals surface area (Å²) in [5.74, 6) is -0.522. The van der Waals surface area contributed by atoms with E-state index >= 15 is 0 Å². The zero-order chi connectivity index (χ0) is 15.6. The largest absolute Gasteiger partial charge is 0.316 e. The number of nitro groups is 1. The van der Waals surface area contributed by atoms with E-state index in [0.29, 0.717) is 8.95 Å². The number of benzene rings is 2. The van der Waals surface area contributed by atoms with Crippen molar-refractivity contribution in [3.63, 3.8) is 0 Å². The van der Waals surface area contributed by atoms with Crippen LogP contribution in [-0.2, 0) is 0 Å². The number of nitrogens with one attached hydrogen (secondary N) is 1. The van der Waals surface area contributed by atoms with Gasteiger partial charge in [0.15, 0.2) is 0 Å². The lowest BCUT2D eigenvalue weighted by Crippen LogP contribution is -2.13. The van der Waals surface area contributed by atoms with Crippen LogP contribution in [0.1, 0.15) is 10.4 Å². The number of hydrogen-bond donors (Lipinski definition) is 1. The van der Waals surface area contributed by atoms with Crippen LogP contribution >= 0.6 is 43.5 Å². The number of rotatable bonds is 3. The quantitative estimate of drug-likeness (QED) is 0.544.